The van der Waals surface area contributed by atoms with Crippen molar-refractivity contribution < 1.29 is 9.47 Å². The second kappa shape index (κ2) is 8.25. The van der Waals surface area contributed by atoms with Crippen LogP contribution >= 0.6 is 0 Å². The third kappa shape index (κ3) is 4.77. The number of anilines is 1. The van der Waals surface area contributed by atoms with Gasteiger partial charge in [-0.05, 0) is 73.0 Å². The predicted molar refractivity (Wildman–Crippen MR) is 101 cm³/mol. The van der Waals surface area contributed by atoms with Gasteiger partial charge in [0.2, 0.25) is 0 Å². The summed E-state index contributed by atoms with van der Waals surface area (Å²) in [6.45, 7) is 2.19. The SMILES string of the molecule is CCCCc1c[c]ccc1Oc1cccc(Oc2ccc(N)cc2)c1. The van der Waals surface area contributed by atoms with Crippen molar-refractivity contribution in [1.29, 1.82) is 0 Å². The van der Waals surface area contributed by atoms with E-state index in [2.05, 4.69) is 13.0 Å². The number of nitrogens with two attached hydrogens (primary N) is 1. The van der Waals surface area contributed by atoms with Gasteiger partial charge in [-0.3, -0.25) is 0 Å². The van der Waals surface area contributed by atoms with Crippen molar-refractivity contribution in [3.8, 4) is 23.0 Å². The Labute approximate surface area is 149 Å². The van der Waals surface area contributed by atoms with Crippen molar-refractivity contribution in [1.82, 2.24) is 0 Å². The molecule has 0 fully saturated rings. The Hall–Kier alpha value is -2.94. The number of hydrogen-bond donors (Lipinski definition) is 1. The molecule has 3 nitrogen and oxygen atoms in total. The van der Waals surface area contributed by atoms with Crippen molar-refractivity contribution in [3.63, 3.8) is 0 Å². The number of unbranched alkanes of at least 4 members (excludes halogenated alkanes) is 1. The molecule has 3 heteroatoms. The van der Waals surface area contributed by atoms with E-state index in [0.717, 1.165) is 42.3 Å². The van der Waals surface area contributed by atoms with Gasteiger partial charge in [0.15, 0.2) is 0 Å². The summed E-state index contributed by atoms with van der Waals surface area (Å²) in [4.78, 5) is 0. The molecule has 0 aromatic heterocycles. The first-order chi connectivity index (χ1) is 12.2. The Morgan fingerprint density at radius 3 is 2.44 bits per heavy atom. The molecule has 3 rings (SSSR count). The Bertz CT molecular complexity index is 812. The molecule has 0 amide bonds. The highest BCUT2D eigenvalue weighted by Gasteiger charge is 2.06. The van der Waals surface area contributed by atoms with E-state index >= 15 is 0 Å². The molecule has 0 aliphatic carbocycles. The summed E-state index contributed by atoms with van der Waals surface area (Å²) in [6.07, 6.45) is 3.28. The van der Waals surface area contributed by atoms with Crippen LogP contribution in [-0.4, -0.2) is 0 Å². The summed E-state index contributed by atoms with van der Waals surface area (Å²) in [6, 6.07) is 23.9. The Kier molecular flexibility index (Phi) is 5.57. The first kappa shape index (κ1) is 16.9. The highest BCUT2D eigenvalue weighted by atomic mass is 16.5. The Morgan fingerprint density at radius 2 is 1.68 bits per heavy atom. The van der Waals surface area contributed by atoms with Crippen LogP contribution in [0.15, 0.2) is 66.7 Å². The first-order valence-corrected chi connectivity index (χ1v) is 8.55. The Balaban J connectivity index is 1.75. The van der Waals surface area contributed by atoms with E-state index in [9.17, 15) is 0 Å². The van der Waals surface area contributed by atoms with Gasteiger partial charge in [0, 0.05) is 11.8 Å². The molecule has 2 N–H and O–H groups in total. The molecule has 3 aromatic carbocycles. The van der Waals surface area contributed by atoms with Gasteiger partial charge < -0.3 is 15.2 Å². The molecule has 0 aliphatic rings. The van der Waals surface area contributed by atoms with E-state index in [1.165, 1.54) is 5.56 Å². The standard InChI is InChI=1S/C22H22NO2/c1-2-3-7-17-8-4-5-11-22(17)25-21-10-6-9-20(16-21)24-19-14-12-18(23)13-15-19/h5-6,8-16H,2-3,7,23H2,1H3. The summed E-state index contributed by atoms with van der Waals surface area (Å²) < 4.78 is 11.9. The minimum absolute atomic E-state index is 0.713. The highest BCUT2D eigenvalue weighted by Crippen LogP contribution is 2.30. The second-order valence-electron chi connectivity index (χ2n) is 5.89. The number of hydrogen-bond acceptors (Lipinski definition) is 3. The quantitative estimate of drug-likeness (QED) is 0.540. The van der Waals surface area contributed by atoms with Crippen molar-refractivity contribution in [2.45, 2.75) is 26.2 Å². The fourth-order valence-electron chi connectivity index (χ4n) is 2.51. The molecule has 0 bridgehead atoms. The summed E-state index contributed by atoms with van der Waals surface area (Å²) >= 11 is 0. The summed E-state index contributed by atoms with van der Waals surface area (Å²) in [5, 5.41) is 0. The second-order valence-corrected chi connectivity index (χ2v) is 5.89. The number of rotatable bonds is 7. The lowest BCUT2D eigenvalue weighted by Gasteiger charge is -2.12. The third-order valence-corrected chi connectivity index (χ3v) is 3.85. The monoisotopic (exact) mass is 332 g/mol. The van der Waals surface area contributed by atoms with Crippen LogP contribution < -0.4 is 15.2 Å². The van der Waals surface area contributed by atoms with Gasteiger partial charge in [-0.25, -0.2) is 0 Å². The smallest absolute Gasteiger partial charge is 0.131 e. The molecule has 0 saturated heterocycles. The molecule has 0 aliphatic heterocycles. The van der Waals surface area contributed by atoms with Crippen LogP contribution in [-0.2, 0) is 6.42 Å². The van der Waals surface area contributed by atoms with E-state index < -0.39 is 0 Å². The molecule has 0 heterocycles. The molecule has 0 saturated carbocycles. The average molecular weight is 332 g/mol. The van der Waals surface area contributed by atoms with Crippen LogP contribution in [0, 0.1) is 6.07 Å². The summed E-state index contributed by atoms with van der Waals surface area (Å²) in [7, 11) is 0. The zero-order valence-corrected chi connectivity index (χ0v) is 14.4. The maximum absolute atomic E-state index is 6.08. The zero-order chi connectivity index (χ0) is 17.5. The molecule has 1 radical (unpaired) electrons. The van der Waals surface area contributed by atoms with Gasteiger partial charge in [0.25, 0.3) is 0 Å². The summed E-state index contributed by atoms with van der Waals surface area (Å²) in [5.41, 5.74) is 7.59. The van der Waals surface area contributed by atoms with Gasteiger partial charge in [0.1, 0.15) is 23.0 Å². The van der Waals surface area contributed by atoms with Crippen molar-refractivity contribution in [2.75, 3.05) is 5.73 Å². The van der Waals surface area contributed by atoms with Crippen molar-refractivity contribution in [2.24, 2.45) is 0 Å². The van der Waals surface area contributed by atoms with Crippen LogP contribution in [0.3, 0.4) is 0 Å². The number of benzene rings is 3. The number of aryl methyl sites for hydroxylation is 1. The lowest BCUT2D eigenvalue weighted by atomic mass is 10.1. The van der Waals surface area contributed by atoms with E-state index in [4.69, 9.17) is 15.2 Å². The molecule has 0 spiro atoms. The average Bonchev–Trinajstić information content (AvgIpc) is 2.63. The molecular weight excluding hydrogens is 310 g/mol. The van der Waals surface area contributed by atoms with Gasteiger partial charge >= 0.3 is 0 Å². The fraction of sp³-hybridized carbons (Fsp3) is 0.182. The van der Waals surface area contributed by atoms with E-state index in [1.54, 1.807) is 0 Å². The van der Waals surface area contributed by atoms with Crippen LogP contribution in [0.5, 0.6) is 23.0 Å². The molecule has 3 aromatic rings. The maximum atomic E-state index is 6.08. The van der Waals surface area contributed by atoms with Gasteiger partial charge in [-0.15, -0.1) is 0 Å². The van der Waals surface area contributed by atoms with Crippen LogP contribution in [0.2, 0.25) is 0 Å². The summed E-state index contributed by atoms with van der Waals surface area (Å²) in [5.74, 6) is 3.08. The molecule has 0 unspecified atom stereocenters. The minimum Gasteiger partial charge on any atom is -0.457 e. The van der Waals surface area contributed by atoms with E-state index in [0.29, 0.717) is 5.69 Å². The van der Waals surface area contributed by atoms with Crippen molar-refractivity contribution >= 4 is 5.69 Å². The van der Waals surface area contributed by atoms with E-state index in [1.807, 2.05) is 66.7 Å². The topological polar surface area (TPSA) is 44.5 Å². The molecular formula is C22H22NO2. The predicted octanol–water partition coefficient (Wildman–Crippen LogP) is 6.00. The van der Waals surface area contributed by atoms with Gasteiger partial charge in [0.05, 0.1) is 0 Å². The van der Waals surface area contributed by atoms with Crippen LogP contribution in [0.4, 0.5) is 5.69 Å². The van der Waals surface area contributed by atoms with Crippen LogP contribution in [0.25, 0.3) is 0 Å². The van der Waals surface area contributed by atoms with Gasteiger partial charge in [-0.2, -0.15) is 0 Å². The zero-order valence-electron chi connectivity index (χ0n) is 14.4. The van der Waals surface area contributed by atoms with Crippen LogP contribution in [0.1, 0.15) is 25.3 Å². The minimum atomic E-state index is 0.713. The lowest BCUT2D eigenvalue weighted by molar-refractivity contribution is 0.456. The molecule has 25 heavy (non-hydrogen) atoms. The Morgan fingerprint density at radius 1 is 0.920 bits per heavy atom. The largest absolute Gasteiger partial charge is 0.457 e. The lowest BCUT2D eigenvalue weighted by Crippen LogP contribution is -1.93. The fourth-order valence-corrected chi connectivity index (χ4v) is 2.51. The maximum Gasteiger partial charge on any atom is 0.131 e. The third-order valence-electron chi connectivity index (χ3n) is 3.85. The van der Waals surface area contributed by atoms with Crippen molar-refractivity contribution in [3.05, 3.63) is 78.4 Å². The normalized spacial score (nSPS) is 10.4. The first-order valence-electron chi connectivity index (χ1n) is 8.55. The molecule has 0 atom stereocenters. The number of ether oxygens (including phenoxy) is 2. The molecule has 127 valence electrons. The van der Waals surface area contributed by atoms with Gasteiger partial charge in [-0.1, -0.05) is 25.5 Å². The number of nitrogen functional groups attached to an aromatic ring is 1. The van der Waals surface area contributed by atoms with E-state index in [-0.39, 0.29) is 0 Å². The highest BCUT2D eigenvalue weighted by molar-refractivity contribution is 5.45.